The summed E-state index contributed by atoms with van der Waals surface area (Å²) < 4.78 is 5.29. The lowest BCUT2D eigenvalue weighted by molar-refractivity contribution is -0.144. The zero-order valence-corrected chi connectivity index (χ0v) is 14.3. The lowest BCUT2D eigenvalue weighted by Crippen LogP contribution is -2.33. The van der Waals surface area contributed by atoms with Gasteiger partial charge in [-0.1, -0.05) is 36.4 Å². The number of carbonyl (C=O) groups excluding carboxylic acids is 3. The Hall–Kier alpha value is -2.95. The minimum absolute atomic E-state index is 0.0265. The summed E-state index contributed by atoms with van der Waals surface area (Å²) in [5.74, 6) is -0.751. The van der Waals surface area contributed by atoms with Crippen LogP contribution in [0.25, 0.3) is 0 Å². The monoisotopic (exact) mass is 349 g/mol. The van der Waals surface area contributed by atoms with Crippen molar-refractivity contribution in [1.82, 2.24) is 4.90 Å². The highest BCUT2D eigenvalue weighted by Gasteiger charge is 2.35. The number of aryl methyl sites for hydroxylation is 1. The quantitative estimate of drug-likeness (QED) is 0.615. The summed E-state index contributed by atoms with van der Waals surface area (Å²) in [4.78, 5) is 37.8. The third kappa shape index (κ3) is 2.90. The first kappa shape index (κ1) is 16.5. The summed E-state index contributed by atoms with van der Waals surface area (Å²) in [5, 5.41) is 0. The molecule has 5 nitrogen and oxygen atoms in total. The van der Waals surface area contributed by atoms with Crippen LogP contribution in [0.1, 0.15) is 50.6 Å². The van der Waals surface area contributed by atoms with Gasteiger partial charge in [0.2, 0.25) is 0 Å². The first-order chi connectivity index (χ1) is 12.6. The van der Waals surface area contributed by atoms with Gasteiger partial charge in [0.25, 0.3) is 11.8 Å². The fourth-order valence-corrected chi connectivity index (χ4v) is 3.81. The number of amides is 2. The van der Waals surface area contributed by atoms with Gasteiger partial charge in [0, 0.05) is 0 Å². The maximum atomic E-state index is 12.3. The normalized spacial score (nSPS) is 18.0. The van der Waals surface area contributed by atoms with Crippen LogP contribution in [-0.2, 0) is 16.0 Å². The number of esters is 1. The van der Waals surface area contributed by atoms with Gasteiger partial charge in [0.05, 0.1) is 24.1 Å². The molecule has 1 unspecified atom stereocenters. The first-order valence-corrected chi connectivity index (χ1v) is 8.84. The number of carbonyl (C=O) groups is 3. The van der Waals surface area contributed by atoms with E-state index in [9.17, 15) is 14.4 Å². The molecule has 1 aliphatic carbocycles. The third-order valence-electron chi connectivity index (χ3n) is 5.13. The van der Waals surface area contributed by atoms with Gasteiger partial charge in [-0.25, -0.2) is 0 Å². The molecule has 0 saturated heterocycles. The Morgan fingerprint density at radius 3 is 2.38 bits per heavy atom. The average Bonchev–Trinajstić information content (AvgIpc) is 3.17. The van der Waals surface area contributed by atoms with Crippen LogP contribution in [0.5, 0.6) is 0 Å². The molecule has 0 aromatic heterocycles. The van der Waals surface area contributed by atoms with Gasteiger partial charge in [-0.15, -0.1) is 0 Å². The molecule has 0 N–H and O–H groups in total. The highest BCUT2D eigenvalue weighted by Crippen LogP contribution is 2.35. The van der Waals surface area contributed by atoms with Gasteiger partial charge in [-0.2, -0.15) is 0 Å². The van der Waals surface area contributed by atoms with Gasteiger partial charge in [0.1, 0.15) is 6.61 Å². The van der Waals surface area contributed by atoms with Gasteiger partial charge < -0.3 is 4.74 Å². The van der Waals surface area contributed by atoms with Gasteiger partial charge in [-0.3, -0.25) is 19.3 Å². The van der Waals surface area contributed by atoms with E-state index in [2.05, 4.69) is 12.1 Å². The molecule has 1 heterocycles. The second-order valence-corrected chi connectivity index (χ2v) is 6.67. The summed E-state index contributed by atoms with van der Waals surface area (Å²) in [5.41, 5.74) is 3.35. The highest BCUT2D eigenvalue weighted by atomic mass is 16.5. The van der Waals surface area contributed by atoms with Crippen LogP contribution >= 0.6 is 0 Å². The summed E-state index contributed by atoms with van der Waals surface area (Å²) >= 11 is 0. The van der Waals surface area contributed by atoms with Crippen molar-refractivity contribution in [1.29, 1.82) is 0 Å². The van der Waals surface area contributed by atoms with E-state index in [1.807, 2.05) is 12.1 Å². The maximum Gasteiger partial charge on any atom is 0.306 e. The van der Waals surface area contributed by atoms with Crippen molar-refractivity contribution in [2.75, 3.05) is 13.2 Å². The number of ether oxygens (including phenoxy) is 1. The predicted octanol–water partition coefficient (Wildman–Crippen LogP) is 2.95. The SMILES string of the molecule is O=C(CC1CCc2ccccc21)OCCN1C(=O)c2ccccc2C1=O. The van der Waals surface area contributed by atoms with Crippen molar-refractivity contribution in [2.45, 2.75) is 25.2 Å². The zero-order valence-electron chi connectivity index (χ0n) is 14.3. The van der Waals surface area contributed by atoms with E-state index in [1.165, 1.54) is 11.1 Å². The Morgan fingerprint density at radius 2 is 1.65 bits per heavy atom. The lowest BCUT2D eigenvalue weighted by Gasteiger charge is -2.15. The number of imide groups is 1. The van der Waals surface area contributed by atoms with Crippen LogP contribution in [0, 0.1) is 0 Å². The van der Waals surface area contributed by atoms with Gasteiger partial charge in [0.15, 0.2) is 0 Å². The molecule has 0 saturated carbocycles. The van der Waals surface area contributed by atoms with Crippen LogP contribution in [0.15, 0.2) is 48.5 Å². The van der Waals surface area contributed by atoms with Crippen LogP contribution in [0.4, 0.5) is 0 Å². The standard InChI is InChI=1S/C21H19NO4/c23-19(13-15-10-9-14-5-1-2-6-16(14)15)26-12-11-22-20(24)17-7-3-4-8-18(17)21(22)25/h1-8,15H,9-13H2. The molecule has 0 bridgehead atoms. The highest BCUT2D eigenvalue weighted by molar-refractivity contribution is 6.21. The second-order valence-electron chi connectivity index (χ2n) is 6.67. The topological polar surface area (TPSA) is 63.7 Å². The summed E-state index contributed by atoms with van der Waals surface area (Å²) in [6.45, 7) is 0.109. The molecule has 2 aromatic rings. The summed E-state index contributed by atoms with van der Waals surface area (Å²) in [6, 6.07) is 14.9. The first-order valence-electron chi connectivity index (χ1n) is 8.84. The molecule has 1 aliphatic heterocycles. The molecule has 26 heavy (non-hydrogen) atoms. The van der Waals surface area contributed by atoms with Crippen LogP contribution in [-0.4, -0.2) is 35.8 Å². The summed E-state index contributed by atoms with van der Waals surface area (Å²) in [6.07, 6.45) is 2.27. The predicted molar refractivity (Wildman–Crippen MR) is 94.9 cm³/mol. The van der Waals surface area contributed by atoms with E-state index < -0.39 is 0 Å². The van der Waals surface area contributed by atoms with Gasteiger partial charge in [-0.05, 0) is 42.0 Å². The average molecular weight is 349 g/mol. The number of hydrogen-bond acceptors (Lipinski definition) is 4. The lowest BCUT2D eigenvalue weighted by atomic mass is 9.98. The van der Waals surface area contributed by atoms with E-state index in [4.69, 9.17) is 4.74 Å². The largest absolute Gasteiger partial charge is 0.464 e. The van der Waals surface area contributed by atoms with Crippen molar-refractivity contribution in [3.63, 3.8) is 0 Å². The van der Waals surface area contributed by atoms with E-state index in [0.717, 1.165) is 17.7 Å². The van der Waals surface area contributed by atoms with Crippen molar-refractivity contribution < 1.29 is 19.1 Å². The fraction of sp³-hybridized carbons (Fsp3) is 0.286. The van der Waals surface area contributed by atoms with Crippen LogP contribution < -0.4 is 0 Å². The second kappa shape index (κ2) is 6.75. The molecule has 2 aromatic carbocycles. The molecule has 4 rings (SSSR count). The number of benzene rings is 2. The molecule has 132 valence electrons. The molecular formula is C21H19NO4. The third-order valence-corrected chi connectivity index (χ3v) is 5.13. The molecular weight excluding hydrogens is 330 g/mol. The van der Waals surface area contributed by atoms with E-state index in [1.54, 1.807) is 24.3 Å². The minimum atomic E-state index is -0.327. The summed E-state index contributed by atoms with van der Waals surface area (Å²) in [7, 11) is 0. The molecule has 2 amide bonds. The van der Waals surface area contributed by atoms with Crippen LogP contribution in [0.3, 0.4) is 0 Å². The Balaban J connectivity index is 1.30. The zero-order chi connectivity index (χ0) is 18.1. The van der Waals surface area contributed by atoms with Crippen molar-refractivity contribution in [3.05, 3.63) is 70.8 Å². The van der Waals surface area contributed by atoms with Crippen molar-refractivity contribution in [3.8, 4) is 0 Å². The van der Waals surface area contributed by atoms with Gasteiger partial charge >= 0.3 is 5.97 Å². The molecule has 0 fully saturated rings. The van der Waals surface area contributed by atoms with Crippen molar-refractivity contribution >= 4 is 17.8 Å². The van der Waals surface area contributed by atoms with Crippen LogP contribution in [0.2, 0.25) is 0 Å². The smallest absolute Gasteiger partial charge is 0.306 e. The Kier molecular flexibility index (Phi) is 4.29. The molecule has 1 atom stereocenters. The van der Waals surface area contributed by atoms with Crippen molar-refractivity contribution in [2.24, 2.45) is 0 Å². The minimum Gasteiger partial charge on any atom is -0.464 e. The molecule has 0 spiro atoms. The number of hydrogen-bond donors (Lipinski definition) is 0. The molecule has 0 radical (unpaired) electrons. The Morgan fingerprint density at radius 1 is 1.00 bits per heavy atom. The van der Waals surface area contributed by atoms with E-state index >= 15 is 0 Å². The Labute approximate surface area is 151 Å². The van der Waals surface area contributed by atoms with E-state index in [-0.39, 0.29) is 36.9 Å². The maximum absolute atomic E-state index is 12.3. The fourth-order valence-electron chi connectivity index (χ4n) is 3.81. The van der Waals surface area contributed by atoms with E-state index in [0.29, 0.717) is 17.5 Å². The number of nitrogens with zero attached hydrogens (tertiary/aromatic N) is 1. The number of rotatable bonds is 5. The Bertz CT molecular complexity index is 854. The molecule has 5 heteroatoms. The number of fused-ring (bicyclic) bond motifs is 2. The molecule has 2 aliphatic rings.